The van der Waals surface area contributed by atoms with Crippen molar-refractivity contribution < 1.29 is 14.1 Å². The monoisotopic (exact) mass is 384 g/mol. The highest BCUT2D eigenvalue weighted by molar-refractivity contribution is 6.03. The predicted molar refractivity (Wildman–Crippen MR) is 94.1 cm³/mol. The average molecular weight is 385 g/mol. The van der Waals surface area contributed by atoms with E-state index in [4.69, 9.17) is 0 Å². The van der Waals surface area contributed by atoms with E-state index in [0.717, 1.165) is 38.1 Å². The lowest BCUT2D eigenvalue weighted by atomic mass is 9.98. The summed E-state index contributed by atoms with van der Waals surface area (Å²) < 4.78 is 15.4. The Morgan fingerprint density at radius 2 is 2.12 bits per heavy atom. The number of nitro benzene ring substituents is 1. The van der Waals surface area contributed by atoms with E-state index in [1.165, 1.54) is 4.68 Å². The van der Waals surface area contributed by atoms with Crippen molar-refractivity contribution in [3.8, 4) is 0 Å². The number of piperidine rings is 1. The third-order valence-electron chi connectivity index (χ3n) is 4.12. The maximum Gasteiger partial charge on any atom is 0.272 e. The SMILES string of the molecule is Cl.Cn1nc(C2CCNCC2)nc1NC(=O)c1ccc([N+](=O)[O-])cc1F. The van der Waals surface area contributed by atoms with Gasteiger partial charge in [0.1, 0.15) is 5.82 Å². The van der Waals surface area contributed by atoms with Gasteiger partial charge in [-0.2, -0.15) is 10.1 Å². The van der Waals surface area contributed by atoms with Crippen LogP contribution in [0.2, 0.25) is 0 Å². The number of benzene rings is 1. The summed E-state index contributed by atoms with van der Waals surface area (Å²) >= 11 is 0. The number of nitrogens with one attached hydrogen (secondary N) is 2. The Morgan fingerprint density at radius 1 is 1.42 bits per heavy atom. The molecule has 0 spiro atoms. The molecule has 2 aromatic rings. The first kappa shape index (κ1) is 19.7. The van der Waals surface area contributed by atoms with Crippen LogP contribution in [0.1, 0.15) is 34.9 Å². The van der Waals surface area contributed by atoms with E-state index in [9.17, 15) is 19.3 Å². The van der Waals surface area contributed by atoms with Gasteiger partial charge in [-0.1, -0.05) is 0 Å². The van der Waals surface area contributed by atoms with E-state index < -0.39 is 22.3 Å². The smallest absolute Gasteiger partial charge is 0.272 e. The second kappa shape index (κ2) is 8.19. The third kappa shape index (κ3) is 4.14. The molecule has 0 atom stereocenters. The van der Waals surface area contributed by atoms with Crippen molar-refractivity contribution in [3.63, 3.8) is 0 Å². The molecule has 3 rings (SSSR count). The zero-order valence-corrected chi connectivity index (χ0v) is 14.8. The molecule has 1 fully saturated rings. The first-order valence-electron chi connectivity index (χ1n) is 7.82. The predicted octanol–water partition coefficient (Wildman–Crippen LogP) is 2.00. The fourth-order valence-electron chi connectivity index (χ4n) is 2.74. The van der Waals surface area contributed by atoms with Gasteiger partial charge in [0.25, 0.3) is 11.6 Å². The highest BCUT2D eigenvalue weighted by atomic mass is 35.5. The van der Waals surface area contributed by atoms with Gasteiger partial charge in [0.05, 0.1) is 16.6 Å². The molecule has 0 bridgehead atoms. The maximum absolute atomic E-state index is 13.9. The first-order chi connectivity index (χ1) is 12.0. The fraction of sp³-hybridized carbons (Fsp3) is 0.400. The molecular formula is C15H18ClFN6O3. The van der Waals surface area contributed by atoms with Crippen molar-refractivity contribution >= 4 is 29.9 Å². The van der Waals surface area contributed by atoms with Gasteiger partial charge in [0, 0.05) is 19.0 Å². The quantitative estimate of drug-likeness (QED) is 0.615. The summed E-state index contributed by atoms with van der Waals surface area (Å²) in [5, 5.41) is 20.7. The Kier molecular flexibility index (Phi) is 6.22. The number of hydrogen-bond acceptors (Lipinski definition) is 6. The second-order valence-electron chi connectivity index (χ2n) is 5.82. The Balaban J connectivity index is 0.00000243. The highest BCUT2D eigenvalue weighted by Crippen LogP contribution is 2.23. The summed E-state index contributed by atoms with van der Waals surface area (Å²) in [7, 11) is 1.64. The molecule has 1 saturated heterocycles. The Hall–Kier alpha value is -2.59. The number of rotatable bonds is 4. The summed E-state index contributed by atoms with van der Waals surface area (Å²) in [4.78, 5) is 26.5. The number of nitro groups is 1. The van der Waals surface area contributed by atoms with Gasteiger partial charge in [0.2, 0.25) is 5.95 Å². The molecule has 1 amide bonds. The second-order valence-corrected chi connectivity index (χ2v) is 5.82. The number of anilines is 1. The number of aromatic nitrogens is 3. The number of nitrogens with zero attached hydrogens (tertiary/aromatic N) is 4. The van der Waals surface area contributed by atoms with Crippen LogP contribution >= 0.6 is 12.4 Å². The number of carbonyl (C=O) groups excluding carboxylic acids is 1. The van der Waals surface area contributed by atoms with Crippen LogP contribution < -0.4 is 10.6 Å². The number of halogens is 2. The Morgan fingerprint density at radius 3 is 2.73 bits per heavy atom. The van der Waals surface area contributed by atoms with Crippen molar-refractivity contribution in [2.24, 2.45) is 7.05 Å². The number of amides is 1. The zero-order valence-electron chi connectivity index (χ0n) is 13.9. The molecule has 1 aliphatic heterocycles. The molecule has 11 heteroatoms. The summed E-state index contributed by atoms with van der Waals surface area (Å²) in [6.45, 7) is 1.78. The first-order valence-corrected chi connectivity index (χ1v) is 7.82. The topological polar surface area (TPSA) is 115 Å². The molecule has 0 unspecified atom stereocenters. The van der Waals surface area contributed by atoms with E-state index in [1.807, 2.05) is 0 Å². The zero-order chi connectivity index (χ0) is 18.0. The van der Waals surface area contributed by atoms with Crippen LogP contribution in [-0.2, 0) is 7.05 Å². The highest BCUT2D eigenvalue weighted by Gasteiger charge is 2.22. The van der Waals surface area contributed by atoms with Gasteiger partial charge >= 0.3 is 0 Å². The minimum atomic E-state index is -0.965. The largest absolute Gasteiger partial charge is 0.317 e. The Bertz CT molecular complexity index is 822. The van der Waals surface area contributed by atoms with E-state index in [1.54, 1.807) is 7.05 Å². The van der Waals surface area contributed by atoms with E-state index in [0.29, 0.717) is 11.9 Å². The van der Waals surface area contributed by atoms with Crippen molar-refractivity contribution in [3.05, 3.63) is 45.5 Å². The van der Waals surface area contributed by atoms with Crippen LogP contribution in [0.25, 0.3) is 0 Å². The van der Waals surface area contributed by atoms with E-state index in [-0.39, 0.29) is 29.8 Å². The van der Waals surface area contributed by atoms with Crippen LogP contribution in [0.5, 0.6) is 0 Å². The van der Waals surface area contributed by atoms with Crippen LogP contribution in [-0.4, -0.2) is 38.7 Å². The minimum absolute atomic E-state index is 0. The molecule has 1 aromatic heterocycles. The molecule has 2 N–H and O–H groups in total. The van der Waals surface area contributed by atoms with E-state index in [2.05, 4.69) is 20.7 Å². The average Bonchev–Trinajstić information content (AvgIpc) is 2.96. The minimum Gasteiger partial charge on any atom is -0.317 e. The summed E-state index contributed by atoms with van der Waals surface area (Å²) in [6, 6.07) is 2.87. The molecule has 26 heavy (non-hydrogen) atoms. The molecule has 9 nitrogen and oxygen atoms in total. The summed E-state index contributed by atoms with van der Waals surface area (Å²) in [5.41, 5.74) is -0.710. The molecule has 0 aliphatic carbocycles. The lowest BCUT2D eigenvalue weighted by molar-refractivity contribution is -0.385. The van der Waals surface area contributed by atoms with Gasteiger partial charge in [0.15, 0.2) is 5.82 Å². The number of non-ortho nitro benzene ring substituents is 1. The lowest BCUT2D eigenvalue weighted by Gasteiger charge is -2.19. The van der Waals surface area contributed by atoms with Crippen molar-refractivity contribution in [2.45, 2.75) is 18.8 Å². The Labute approximate surface area is 154 Å². The fourth-order valence-corrected chi connectivity index (χ4v) is 2.74. The molecule has 140 valence electrons. The molecule has 0 saturated carbocycles. The normalized spacial score (nSPS) is 14.5. The van der Waals surface area contributed by atoms with Gasteiger partial charge in [-0.05, 0) is 32.0 Å². The van der Waals surface area contributed by atoms with Gasteiger partial charge in [-0.25, -0.2) is 9.07 Å². The van der Waals surface area contributed by atoms with Crippen molar-refractivity contribution in [1.29, 1.82) is 0 Å². The van der Waals surface area contributed by atoms with Gasteiger partial charge in [-0.15, -0.1) is 12.4 Å². The maximum atomic E-state index is 13.9. The van der Waals surface area contributed by atoms with Crippen LogP contribution in [0.15, 0.2) is 18.2 Å². The van der Waals surface area contributed by atoms with E-state index >= 15 is 0 Å². The standard InChI is InChI=1S/C15H17FN6O3.ClH/c1-21-15(18-13(20-21)9-4-6-17-7-5-9)19-14(23)11-3-2-10(22(24)25)8-12(11)16;/h2-3,8-9,17H,4-7H2,1H3,(H,18,19,20,23);1H. The van der Waals surface area contributed by atoms with Crippen LogP contribution in [0.4, 0.5) is 16.0 Å². The van der Waals surface area contributed by atoms with Crippen molar-refractivity contribution in [2.75, 3.05) is 18.4 Å². The third-order valence-corrected chi connectivity index (χ3v) is 4.12. The number of carbonyl (C=O) groups is 1. The summed E-state index contributed by atoms with van der Waals surface area (Å²) in [6.07, 6.45) is 1.82. The number of aryl methyl sites for hydroxylation is 1. The summed E-state index contributed by atoms with van der Waals surface area (Å²) in [5.74, 6) is -0.638. The molecule has 0 radical (unpaired) electrons. The van der Waals surface area contributed by atoms with Gasteiger partial charge < -0.3 is 5.32 Å². The molecule has 1 aliphatic rings. The van der Waals surface area contributed by atoms with Crippen molar-refractivity contribution in [1.82, 2.24) is 20.1 Å². The van der Waals surface area contributed by atoms with Gasteiger partial charge in [-0.3, -0.25) is 20.2 Å². The molecule has 2 heterocycles. The molecule has 1 aromatic carbocycles. The molecular weight excluding hydrogens is 367 g/mol. The lowest BCUT2D eigenvalue weighted by Crippen LogP contribution is -2.27. The number of hydrogen-bond donors (Lipinski definition) is 2. The van der Waals surface area contributed by atoms with Crippen LogP contribution in [0.3, 0.4) is 0 Å². The van der Waals surface area contributed by atoms with Crippen LogP contribution in [0, 0.1) is 15.9 Å².